The molecular formula is C20H16F3N5O2S. The smallest absolute Gasteiger partial charge is 0.343 e. The summed E-state index contributed by atoms with van der Waals surface area (Å²) in [5, 5.41) is 9.09. The number of thioether (sulfide) groups is 1. The predicted octanol–water partition coefficient (Wildman–Crippen LogP) is 3.65. The van der Waals surface area contributed by atoms with Crippen LogP contribution in [0.25, 0.3) is 11.8 Å². The SMILES string of the molecule is O=C(C=Cc1ccc(SC(F)(F)F)cc1)NCC(=O)Nc1ccc(-n2cncn2)cc1. The van der Waals surface area contributed by atoms with Crippen molar-refractivity contribution in [2.75, 3.05) is 11.9 Å². The molecule has 1 aromatic heterocycles. The van der Waals surface area contributed by atoms with Crippen molar-refractivity contribution in [1.29, 1.82) is 0 Å². The minimum absolute atomic E-state index is 0.0556. The highest BCUT2D eigenvalue weighted by Gasteiger charge is 2.28. The van der Waals surface area contributed by atoms with Crippen LogP contribution in [0.15, 0.2) is 72.2 Å². The molecule has 0 radical (unpaired) electrons. The zero-order chi connectivity index (χ0) is 22.3. The predicted molar refractivity (Wildman–Crippen MR) is 110 cm³/mol. The van der Waals surface area contributed by atoms with E-state index in [0.29, 0.717) is 11.3 Å². The monoisotopic (exact) mass is 447 g/mol. The van der Waals surface area contributed by atoms with E-state index in [9.17, 15) is 22.8 Å². The molecule has 0 aliphatic carbocycles. The lowest BCUT2D eigenvalue weighted by Gasteiger charge is -2.07. The van der Waals surface area contributed by atoms with E-state index in [1.54, 1.807) is 35.3 Å². The average Bonchev–Trinajstić information content (AvgIpc) is 3.26. The Morgan fingerprint density at radius 3 is 2.39 bits per heavy atom. The van der Waals surface area contributed by atoms with Gasteiger partial charge in [0.2, 0.25) is 11.8 Å². The molecule has 0 bridgehead atoms. The normalized spacial score (nSPS) is 11.5. The Morgan fingerprint density at radius 1 is 1.06 bits per heavy atom. The number of carbonyl (C=O) groups is 2. The molecular weight excluding hydrogens is 431 g/mol. The molecule has 0 unspecified atom stereocenters. The maximum absolute atomic E-state index is 12.3. The first-order valence-electron chi connectivity index (χ1n) is 8.85. The van der Waals surface area contributed by atoms with Crippen molar-refractivity contribution in [3.63, 3.8) is 0 Å². The summed E-state index contributed by atoms with van der Waals surface area (Å²) in [6.45, 7) is -0.241. The van der Waals surface area contributed by atoms with E-state index in [1.807, 2.05) is 0 Å². The number of hydrogen-bond donors (Lipinski definition) is 2. The number of benzene rings is 2. The zero-order valence-corrected chi connectivity index (χ0v) is 16.7. The number of amides is 2. The van der Waals surface area contributed by atoms with Gasteiger partial charge in [0.05, 0.1) is 12.2 Å². The van der Waals surface area contributed by atoms with Crippen LogP contribution in [-0.2, 0) is 9.59 Å². The van der Waals surface area contributed by atoms with Crippen LogP contribution in [0.5, 0.6) is 0 Å². The Labute approximate surface area is 179 Å². The van der Waals surface area contributed by atoms with Crippen LogP contribution in [0.2, 0.25) is 0 Å². The summed E-state index contributed by atoms with van der Waals surface area (Å²) in [4.78, 5) is 27.8. The number of halogens is 3. The minimum atomic E-state index is -4.35. The molecule has 0 atom stereocenters. The van der Waals surface area contributed by atoms with Crippen LogP contribution < -0.4 is 10.6 Å². The number of carbonyl (C=O) groups excluding carboxylic acids is 2. The van der Waals surface area contributed by atoms with E-state index in [4.69, 9.17) is 0 Å². The van der Waals surface area contributed by atoms with Gasteiger partial charge >= 0.3 is 5.51 Å². The number of rotatable bonds is 7. The zero-order valence-electron chi connectivity index (χ0n) is 15.8. The lowest BCUT2D eigenvalue weighted by atomic mass is 10.2. The van der Waals surface area contributed by atoms with Gasteiger partial charge in [0.25, 0.3) is 0 Å². The average molecular weight is 447 g/mol. The first-order valence-corrected chi connectivity index (χ1v) is 9.67. The second kappa shape index (κ2) is 9.94. The minimum Gasteiger partial charge on any atom is -0.343 e. The van der Waals surface area contributed by atoms with Crippen LogP contribution in [0, 0.1) is 0 Å². The Kier molecular flexibility index (Phi) is 7.08. The maximum atomic E-state index is 12.3. The van der Waals surface area contributed by atoms with Gasteiger partial charge in [0.1, 0.15) is 12.7 Å². The van der Waals surface area contributed by atoms with Gasteiger partial charge in [-0.25, -0.2) is 9.67 Å². The summed E-state index contributed by atoms with van der Waals surface area (Å²) in [6, 6.07) is 12.5. The fourth-order valence-electron chi connectivity index (χ4n) is 2.42. The van der Waals surface area contributed by atoms with E-state index in [2.05, 4.69) is 20.7 Å². The van der Waals surface area contributed by atoms with Crippen molar-refractivity contribution >= 4 is 35.3 Å². The summed E-state index contributed by atoms with van der Waals surface area (Å²) < 4.78 is 38.5. The fraction of sp³-hybridized carbons (Fsp3) is 0.100. The Bertz CT molecular complexity index is 1050. The summed E-state index contributed by atoms with van der Waals surface area (Å²) >= 11 is -0.209. The summed E-state index contributed by atoms with van der Waals surface area (Å²) in [7, 11) is 0. The van der Waals surface area contributed by atoms with Gasteiger partial charge in [-0.2, -0.15) is 18.3 Å². The first kappa shape index (κ1) is 22.1. The Morgan fingerprint density at radius 2 is 1.77 bits per heavy atom. The summed E-state index contributed by atoms with van der Waals surface area (Å²) in [5.41, 5.74) is -2.47. The molecule has 11 heteroatoms. The van der Waals surface area contributed by atoms with Crippen LogP contribution in [0.4, 0.5) is 18.9 Å². The van der Waals surface area contributed by atoms with Gasteiger partial charge in [-0.1, -0.05) is 12.1 Å². The molecule has 160 valence electrons. The van der Waals surface area contributed by atoms with E-state index in [0.717, 1.165) is 5.69 Å². The topological polar surface area (TPSA) is 88.9 Å². The molecule has 2 amide bonds. The Hall–Kier alpha value is -3.60. The highest BCUT2D eigenvalue weighted by atomic mass is 32.2. The second-order valence-electron chi connectivity index (χ2n) is 6.10. The van der Waals surface area contributed by atoms with Crippen LogP contribution in [-0.4, -0.2) is 38.6 Å². The third-order valence-electron chi connectivity index (χ3n) is 3.80. The second-order valence-corrected chi connectivity index (χ2v) is 7.24. The standard InChI is InChI=1S/C20H16F3N5O2S/c21-20(22,23)31-17-8-1-14(2-9-17)3-10-18(29)25-11-19(30)27-15-4-6-16(7-5-15)28-13-24-12-26-28/h1-10,12-13H,11H2,(H,25,29)(H,27,30). The lowest BCUT2D eigenvalue weighted by Crippen LogP contribution is -2.31. The van der Waals surface area contributed by atoms with Crippen molar-refractivity contribution in [1.82, 2.24) is 20.1 Å². The molecule has 0 fully saturated rings. The molecule has 2 N–H and O–H groups in total. The quantitative estimate of drug-likeness (QED) is 0.426. The number of aromatic nitrogens is 3. The number of hydrogen-bond acceptors (Lipinski definition) is 5. The Balaban J connectivity index is 1.44. The van der Waals surface area contributed by atoms with Gasteiger partial charge in [-0.05, 0) is 59.8 Å². The van der Waals surface area contributed by atoms with Crippen LogP contribution in [0.3, 0.4) is 0 Å². The molecule has 0 saturated carbocycles. The highest BCUT2D eigenvalue weighted by Crippen LogP contribution is 2.36. The molecule has 3 rings (SSSR count). The summed E-state index contributed by atoms with van der Waals surface area (Å²) in [5.74, 6) is -0.922. The van der Waals surface area contributed by atoms with E-state index < -0.39 is 17.3 Å². The summed E-state index contributed by atoms with van der Waals surface area (Å²) in [6.07, 6.45) is 5.60. The third kappa shape index (κ3) is 7.30. The van der Waals surface area contributed by atoms with Crippen molar-refractivity contribution in [2.24, 2.45) is 0 Å². The van der Waals surface area contributed by atoms with Crippen molar-refractivity contribution in [3.8, 4) is 5.69 Å². The highest BCUT2D eigenvalue weighted by molar-refractivity contribution is 8.00. The molecule has 0 aliphatic heterocycles. The number of nitrogens with one attached hydrogen (secondary N) is 2. The van der Waals surface area contributed by atoms with Crippen LogP contribution in [0.1, 0.15) is 5.56 Å². The molecule has 7 nitrogen and oxygen atoms in total. The molecule has 2 aromatic carbocycles. The van der Waals surface area contributed by atoms with Crippen molar-refractivity contribution in [3.05, 3.63) is 72.8 Å². The van der Waals surface area contributed by atoms with Crippen LogP contribution >= 0.6 is 11.8 Å². The molecule has 0 aliphatic rings. The lowest BCUT2D eigenvalue weighted by molar-refractivity contribution is -0.121. The van der Waals surface area contributed by atoms with Gasteiger partial charge in [-0.3, -0.25) is 9.59 Å². The van der Waals surface area contributed by atoms with E-state index in [-0.39, 0.29) is 23.2 Å². The van der Waals surface area contributed by atoms with E-state index in [1.165, 1.54) is 42.7 Å². The number of alkyl halides is 3. The first-order chi connectivity index (χ1) is 14.8. The van der Waals surface area contributed by atoms with Crippen molar-refractivity contribution in [2.45, 2.75) is 10.4 Å². The van der Waals surface area contributed by atoms with Gasteiger partial charge in [0, 0.05) is 16.7 Å². The maximum Gasteiger partial charge on any atom is 0.446 e. The fourth-order valence-corrected chi connectivity index (χ4v) is 2.96. The third-order valence-corrected chi connectivity index (χ3v) is 4.54. The van der Waals surface area contributed by atoms with Gasteiger partial charge in [-0.15, -0.1) is 0 Å². The van der Waals surface area contributed by atoms with Gasteiger partial charge in [0.15, 0.2) is 0 Å². The van der Waals surface area contributed by atoms with Crippen molar-refractivity contribution < 1.29 is 22.8 Å². The number of nitrogens with zero attached hydrogens (tertiary/aromatic N) is 3. The molecule has 3 aromatic rings. The molecule has 1 heterocycles. The molecule has 0 saturated heterocycles. The molecule has 0 spiro atoms. The van der Waals surface area contributed by atoms with Gasteiger partial charge < -0.3 is 10.6 Å². The molecule has 31 heavy (non-hydrogen) atoms. The number of anilines is 1. The van der Waals surface area contributed by atoms with E-state index >= 15 is 0 Å². The largest absolute Gasteiger partial charge is 0.446 e.